The number of anilines is 4. The molecule has 5 rings (SSSR count). The van der Waals surface area contributed by atoms with Gasteiger partial charge in [0.25, 0.3) is 0 Å². The molecule has 198 valence electrons. The second-order valence-electron chi connectivity index (χ2n) is 10.2. The Balaban J connectivity index is 1.43. The molecule has 1 aromatic carbocycles. The van der Waals surface area contributed by atoms with E-state index in [1.54, 1.807) is 13.2 Å². The number of aromatic nitrogens is 4. The molecular formula is C25H32ClN7O3S. The van der Waals surface area contributed by atoms with Gasteiger partial charge in [-0.3, -0.25) is 4.68 Å². The van der Waals surface area contributed by atoms with Crippen LogP contribution in [-0.2, 0) is 16.9 Å². The third-order valence-corrected chi connectivity index (χ3v) is 8.57. The Labute approximate surface area is 222 Å². The number of aryl methyl sites for hydroxylation is 2. The molecule has 1 aliphatic heterocycles. The molecule has 1 saturated carbocycles. The number of rotatable bonds is 10. The van der Waals surface area contributed by atoms with Crippen LogP contribution >= 0.6 is 11.6 Å². The van der Waals surface area contributed by atoms with Gasteiger partial charge in [-0.2, -0.15) is 10.1 Å². The largest absolute Gasteiger partial charge is 0.488 e. The summed E-state index contributed by atoms with van der Waals surface area (Å²) in [5.74, 6) is 1.78. The lowest BCUT2D eigenvalue weighted by molar-refractivity contribution is 0.303. The van der Waals surface area contributed by atoms with Crippen molar-refractivity contribution in [3.8, 4) is 5.75 Å². The van der Waals surface area contributed by atoms with E-state index in [0.29, 0.717) is 17.6 Å². The molecule has 2 fully saturated rings. The monoisotopic (exact) mass is 545 g/mol. The van der Waals surface area contributed by atoms with Crippen molar-refractivity contribution in [2.24, 2.45) is 13.0 Å². The fourth-order valence-corrected chi connectivity index (χ4v) is 6.14. The summed E-state index contributed by atoms with van der Waals surface area (Å²) in [5.41, 5.74) is 3.53. The highest BCUT2D eigenvalue weighted by atomic mass is 35.5. The molecule has 0 bridgehead atoms. The van der Waals surface area contributed by atoms with Gasteiger partial charge in [0.2, 0.25) is 11.0 Å². The molecule has 10 nitrogen and oxygen atoms in total. The highest BCUT2D eigenvalue weighted by Crippen LogP contribution is 2.38. The van der Waals surface area contributed by atoms with E-state index in [1.807, 2.05) is 13.8 Å². The molecule has 0 amide bonds. The first-order valence-electron chi connectivity index (χ1n) is 12.4. The van der Waals surface area contributed by atoms with Crippen LogP contribution in [0.1, 0.15) is 43.7 Å². The summed E-state index contributed by atoms with van der Waals surface area (Å²) < 4.78 is 33.5. The molecule has 0 unspecified atom stereocenters. The predicted octanol–water partition coefficient (Wildman–Crippen LogP) is 4.32. The van der Waals surface area contributed by atoms with Crippen LogP contribution in [0, 0.1) is 12.8 Å². The van der Waals surface area contributed by atoms with E-state index < -0.39 is 9.84 Å². The van der Waals surface area contributed by atoms with Crippen molar-refractivity contribution in [2.75, 3.05) is 29.5 Å². The van der Waals surface area contributed by atoms with Crippen molar-refractivity contribution in [2.45, 2.75) is 50.7 Å². The standard InChI is InChI=1S/C25H32ClN7O3S/c1-14(2)13-37(34,35)24-21(12-33(4)32-24)29-23-19(26)11-28-25(31-23)30-20-7-15(3)18(16-9-27-10-16)8-22(20)36-17-5-6-17/h7-8,11-12,14,16-17,27H,5-6,9-10,13H2,1-4H3,(H2,28,29,30,31). The van der Waals surface area contributed by atoms with Gasteiger partial charge in [0.1, 0.15) is 10.8 Å². The number of ether oxygens (including phenoxy) is 1. The van der Waals surface area contributed by atoms with E-state index >= 15 is 0 Å². The number of nitrogens with zero attached hydrogens (tertiary/aromatic N) is 4. The number of halogens is 1. The normalized spacial score (nSPS) is 16.1. The molecule has 3 heterocycles. The van der Waals surface area contributed by atoms with Gasteiger partial charge in [-0.15, -0.1) is 0 Å². The molecule has 1 saturated heterocycles. The Morgan fingerprint density at radius 2 is 1.97 bits per heavy atom. The minimum absolute atomic E-state index is 0.0148. The molecule has 1 aliphatic carbocycles. The van der Waals surface area contributed by atoms with Crippen LogP contribution in [0.25, 0.3) is 0 Å². The number of nitrogens with one attached hydrogen (secondary N) is 3. The summed E-state index contributed by atoms with van der Waals surface area (Å²) >= 11 is 6.40. The number of benzene rings is 1. The van der Waals surface area contributed by atoms with Crippen molar-refractivity contribution < 1.29 is 13.2 Å². The van der Waals surface area contributed by atoms with Crippen molar-refractivity contribution in [1.82, 2.24) is 25.1 Å². The van der Waals surface area contributed by atoms with Gasteiger partial charge in [-0.1, -0.05) is 25.4 Å². The zero-order valence-corrected chi connectivity index (χ0v) is 22.9. The maximum absolute atomic E-state index is 12.9. The quantitative estimate of drug-likeness (QED) is 0.342. The maximum Gasteiger partial charge on any atom is 0.229 e. The van der Waals surface area contributed by atoms with Crippen LogP contribution in [0.4, 0.5) is 23.1 Å². The summed E-state index contributed by atoms with van der Waals surface area (Å²) in [6, 6.07) is 4.19. The van der Waals surface area contributed by atoms with Crippen molar-refractivity contribution in [1.29, 1.82) is 0 Å². The van der Waals surface area contributed by atoms with Crippen LogP contribution in [0.15, 0.2) is 29.6 Å². The minimum atomic E-state index is -3.60. The summed E-state index contributed by atoms with van der Waals surface area (Å²) in [6.07, 6.45) is 5.40. The average Bonchev–Trinajstić information content (AvgIpc) is 3.51. The van der Waals surface area contributed by atoms with E-state index in [9.17, 15) is 8.42 Å². The fourth-order valence-electron chi connectivity index (χ4n) is 4.28. The van der Waals surface area contributed by atoms with Crippen LogP contribution in [0.5, 0.6) is 5.75 Å². The van der Waals surface area contributed by atoms with Gasteiger partial charge >= 0.3 is 0 Å². The maximum atomic E-state index is 12.9. The van der Waals surface area contributed by atoms with E-state index in [-0.39, 0.29) is 33.6 Å². The van der Waals surface area contributed by atoms with Gasteiger partial charge in [0.05, 0.1) is 29.4 Å². The first kappa shape index (κ1) is 25.7. The molecular weight excluding hydrogens is 514 g/mol. The van der Waals surface area contributed by atoms with Crippen LogP contribution in [0.3, 0.4) is 0 Å². The van der Waals surface area contributed by atoms with E-state index in [0.717, 1.165) is 37.4 Å². The molecule has 3 aromatic rings. The summed E-state index contributed by atoms with van der Waals surface area (Å²) in [6.45, 7) is 7.73. The van der Waals surface area contributed by atoms with Gasteiger partial charge < -0.3 is 20.7 Å². The molecule has 37 heavy (non-hydrogen) atoms. The Bertz CT molecular complexity index is 1420. The second kappa shape index (κ2) is 10.1. The molecule has 0 atom stereocenters. The highest BCUT2D eigenvalue weighted by Gasteiger charge is 2.28. The molecule has 0 spiro atoms. The Hall–Kier alpha value is -2.89. The van der Waals surface area contributed by atoms with Crippen molar-refractivity contribution in [3.05, 3.63) is 40.7 Å². The number of sulfone groups is 1. The van der Waals surface area contributed by atoms with E-state index in [4.69, 9.17) is 16.3 Å². The zero-order chi connectivity index (χ0) is 26.3. The molecule has 0 radical (unpaired) electrons. The lowest BCUT2D eigenvalue weighted by Crippen LogP contribution is -2.40. The number of hydrogen-bond acceptors (Lipinski definition) is 9. The first-order valence-corrected chi connectivity index (χ1v) is 14.5. The lowest BCUT2D eigenvalue weighted by Gasteiger charge is -2.29. The topological polar surface area (TPSA) is 123 Å². The second-order valence-corrected chi connectivity index (χ2v) is 12.6. The zero-order valence-electron chi connectivity index (χ0n) is 21.4. The average molecular weight is 546 g/mol. The summed E-state index contributed by atoms with van der Waals surface area (Å²) in [5, 5.41) is 14.1. The molecule has 2 aromatic heterocycles. The molecule has 12 heteroatoms. The van der Waals surface area contributed by atoms with E-state index in [1.165, 1.54) is 22.0 Å². The van der Waals surface area contributed by atoms with Gasteiger partial charge in [0, 0.05) is 32.3 Å². The van der Waals surface area contributed by atoms with Crippen molar-refractivity contribution >= 4 is 44.6 Å². The Morgan fingerprint density at radius 1 is 1.22 bits per heavy atom. The molecule has 2 aliphatic rings. The Morgan fingerprint density at radius 3 is 2.62 bits per heavy atom. The van der Waals surface area contributed by atoms with Crippen LogP contribution < -0.4 is 20.7 Å². The van der Waals surface area contributed by atoms with Gasteiger partial charge in [-0.05, 0) is 48.9 Å². The highest BCUT2D eigenvalue weighted by molar-refractivity contribution is 7.91. The summed E-state index contributed by atoms with van der Waals surface area (Å²) in [4.78, 5) is 8.89. The third kappa shape index (κ3) is 5.83. The first-order chi connectivity index (χ1) is 17.6. The van der Waals surface area contributed by atoms with Crippen LogP contribution in [-0.4, -0.2) is 53.1 Å². The lowest BCUT2D eigenvalue weighted by atomic mass is 9.89. The van der Waals surface area contributed by atoms with Gasteiger partial charge in [0.15, 0.2) is 15.7 Å². The fraction of sp³-hybridized carbons (Fsp3) is 0.480. The smallest absolute Gasteiger partial charge is 0.229 e. The SMILES string of the molecule is Cc1cc(Nc2ncc(Cl)c(Nc3cn(C)nc3S(=O)(=O)CC(C)C)n2)c(OC2CC2)cc1C1CNC1. The summed E-state index contributed by atoms with van der Waals surface area (Å²) in [7, 11) is -1.94. The predicted molar refractivity (Wildman–Crippen MR) is 144 cm³/mol. The third-order valence-electron chi connectivity index (χ3n) is 6.29. The Kier molecular flexibility index (Phi) is 7.03. The van der Waals surface area contributed by atoms with Gasteiger partial charge in [-0.25, -0.2) is 13.4 Å². The number of hydrogen-bond donors (Lipinski definition) is 3. The van der Waals surface area contributed by atoms with Crippen LogP contribution in [0.2, 0.25) is 5.02 Å². The van der Waals surface area contributed by atoms with E-state index in [2.05, 4.69) is 50.1 Å². The minimum Gasteiger partial charge on any atom is -0.488 e. The van der Waals surface area contributed by atoms with Crippen molar-refractivity contribution in [3.63, 3.8) is 0 Å². The molecule has 3 N–H and O–H groups in total.